The van der Waals surface area contributed by atoms with Crippen LogP contribution in [0.3, 0.4) is 0 Å². The summed E-state index contributed by atoms with van der Waals surface area (Å²) in [6, 6.07) is 18.8. The van der Waals surface area contributed by atoms with Crippen LogP contribution in [-0.4, -0.2) is 30.3 Å². The van der Waals surface area contributed by atoms with Crippen LogP contribution >= 0.6 is 0 Å². The van der Waals surface area contributed by atoms with E-state index in [1.54, 1.807) is 0 Å². The van der Waals surface area contributed by atoms with Crippen LogP contribution in [0.2, 0.25) is 0 Å². The van der Waals surface area contributed by atoms with Crippen molar-refractivity contribution in [3.63, 3.8) is 0 Å². The van der Waals surface area contributed by atoms with Crippen molar-refractivity contribution in [2.45, 2.75) is 38.8 Å². The summed E-state index contributed by atoms with van der Waals surface area (Å²) in [7, 11) is 0. The Labute approximate surface area is 149 Å². The Kier molecular flexibility index (Phi) is 7.36. The zero-order chi connectivity index (χ0) is 18.1. The third-order valence-corrected chi connectivity index (χ3v) is 4.14. The first-order valence-electron chi connectivity index (χ1n) is 8.72. The summed E-state index contributed by atoms with van der Waals surface area (Å²) in [5.74, 6) is -0.172. The number of hydrogen-bond donors (Lipinski definition) is 2. The highest BCUT2D eigenvalue weighted by atomic mass is 16.2. The molecule has 2 unspecified atom stereocenters. The molecule has 25 heavy (non-hydrogen) atoms. The molecule has 0 saturated heterocycles. The lowest BCUT2D eigenvalue weighted by molar-refractivity contribution is -0.128. The largest absolute Gasteiger partial charge is 0.345 e. The fourth-order valence-corrected chi connectivity index (χ4v) is 2.77. The number of benzene rings is 2. The number of Topliss-reactive ketones (excluding diaryl/α,β-unsaturated/α-hetero) is 1. The van der Waals surface area contributed by atoms with Crippen molar-refractivity contribution in [2.75, 3.05) is 6.54 Å². The lowest BCUT2D eigenvalue weighted by Gasteiger charge is -2.22. The molecule has 2 aromatic carbocycles. The van der Waals surface area contributed by atoms with Crippen LogP contribution in [0.5, 0.6) is 0 Å². The molecule has 4 nitrogen and oxygen atoms in total. The molecule has 0 aromatic heterocycles. The molecule has 0 aliphatic heterocycles. The van der Waals surface area contributed by atoms with Crippen LogP contribution in [0.25, 0.3) is 0 Å². The number of rotatable bonds is 9. The molecule has 2 atom stereocenters. The van der Waals surface area contributed by atoms with Gasteiger partial charge in [0.25, 0.3) is 0 Å². The highest BCUT2D eigenvalue weighted by molar-refractivity contribution is 5.90. The standard InChI is InChI=1S/C21H26N2O2/c1-3-22-20(15-18-12-8-5-9-13-18)21(25)23-19(16(2)24)14-17-10-6-4-7-11-17/h4-13,19-20,22H,3,14-15H2,1-2H3,(H,23,25). The Balaban J connectivity index is 2.04. The average molecular weight is 338 g/mol. The van der Waals surface area contributed by atoms with Gasteiger partial charge in [0.1, 0.15) is 0 Å². The Hall–Kier alpha value is -2.46. The van der Waals surface area contributed by atoms with E-state index in [1.807, 2.05) is 67.6 Å². The van der Waals surface area contributed by atoms with Crippen LogP contribution < -0.4 is 10.6 Å². The number of hydrogen-bond acceptors (Lipinski definition) is 3. The van der Waals surface area contributed by atoms with Crippen molar-refractivity contribution < 1.29 is 9.59 Å². The van der Waals surface area contributed by atoms with Crippen LogP contribution in [0, 0.1) is 0 Å². The van der Waals surface area contributed by atoms with Crippen molar-refractivity contribution in [3.05, 3.63) is 71.8 Å². The summed E-state index contributed by atoms with van der Waals surface area (Å²) in [6.45, 7) is 4.18. The van der Waals surface area contributed by atoms with E-state index in [2.05, 4.69) is 10.6 Å². The predicted octanol–water partition coefficient (Wildman–Crippen LogP) is 2.52. The minimum absolute atomic E-state index is 0.0350. The second-order valence-corrected chi connectivity index (χ2v) is 6.16. The van der Waals surface area contributed by atoms with E-state index in [9.17, 15) is 9.59 Å². The number of nitrogens with one attached hydrogen (secondary N) is 2. The molecule has 0 radical (unpaired) electrons. The van der Waals surface area contributed by atoms with E-state index in [-0.39, 0.29) is 17.7 Å². The maximum Gasteiger partial charge on any atom is 0.238 e. The van der Waals surface area contributed by atoms with Gasteiger partial charge in [0.05, 0.1) is 12.1 Å². The highest BCUT2D eigenvalue weighted by Gasteiger charge is 2.23. The van der Waals surface area contributed by atoms with E-state index in [4.69, 9.17) is 0 Å². The Bertz CT molecular complexity index is 671. The molecule has 0 spiro atoms. The van der Waals surface area contributed by atoms with Gasteiger partial charge < -0.3 is 10.6 Å². The summed E-state index contributed by atoms with van der Waals surface area (Å²) < 4.78 is 0. The zero-order valence-corrected chi connectivity index (χ0v) is 14.9. The molecular weight excluding hydrogens is 312 g/mol. The monoisotopic (exact) mass is 338 g/mol. The average Bonchev–Trinajstić information content (AvgIpc) is 2.62. The lowest BCUT2D eigenvalue weighted by atomic mass is 10.0. The number of likely N-dealkylation sites (N-methyl/N-ethyl adjacent to an activating group) is 1. The third kappa shape index (κ3) is 6.16. The van der Waals surface area contributed by atoms with Crippen molar-refractivity contribution in [1.29, 1.82) is 0 Å². The maximum atomic E-state index is 12.7. The first-order valence-corrected chi connectivity index (χ1v) is 8.72. The molecule has 0 fully saturated rings. The highest BCUT2D eigenvalue weighted by Crippen LogP contribution is 2.07. The third-order valence-electron chi connectivity index (χ3n) is 4.14. The van der Waals surface area contributed by atoms with Crippen LogP contribution in [0.15, 0.2) is 60.7 Å². The molecule has 1 amide bonds. The second-order valence-electron chi connectivity index (χ2n) is 6.16. The molecule has 0 aliphatic rings. The fourth-order valence-electron chi connectivity index (χ4n) is 2.77. The Morgan fingerprint density at radius 1 is 0.840 bits per heavy atom. The molecular formula is C21H26N2O2. The summed E-state index contributed by atoms with van der Waals surface area (Å²) >= 11 is 0. The SMILES string of the molecule is CCNC(Cc1ccccc1)C(=O)NC(Cc1ccccc1)C(C)=O. The summed E-state index contributed by atoms with van der Waals surface area (Å²) in [6.07, 6.45) is 1.10. The Morgan fingerprint density at radius 2 is 1.32 bits per heavy atom. The van der Waals surface area contributed by atoms with E-state index in [0.717, 1.165) is 11.1 Å². The molecule has 2 rings (SSSR count). The van der Waals surface area contributed by atoms with E-state index in [0.29, 0.717) is 19.4 Å². The van der Waals surface area contributed by atoms with Crippen molar-refractivity contribution >= 4 is 11.7 Å². The minimum Gasteiger partial charge on any atom is -0.345 e. The molecule has 0 saturated carbocycles. The topological polar surface area (TPSA) is 58.2 Å². The lowest BCUT2D eigenvalue weighted by Crippen LogP contribution is -2.51. The molecule has 132 valence electrons. The van der Waals surface area contributed by atoms with Gasteiger partial charge in [-0.15, -0.1) is 0 Å². The van der Waals surface area contributed by atoms with Gasteiger partial charge in [0.2, 0.25) is 5.91 Å². The van der Waals surface area contributed by atoms with Gasteiger partial charge in [-0.1, -0.05) is 67.6 Å². The minimum atomic E-state index is -0.508. The van der Waals surface area contributed by atoms with Gasteiger partial charge in [-0.25, -0.2) is 0 Å². The molecule has 0 bridgehead atoms. The van der Waals surface area contributed by atoms with Gasteiger partial charge in [0.15, 0.2) is 5.78 Å². The molecule has 2 N–H and O–H groups in total. The molecule has 2 aromatic rings. The van der Waals surface area contributed by atoms with Gasteiger partial charge in [-0.05, 0) is 37.4 Å². The smallest absolute Gasteiger partial charge is 0.238 e. The van der Waals surface area contributed by atoms with Crippen LogP contribution in [0.1, 0.15) is 25.0 Å². The number of amides is 1. The quantitative estimate of drug-likeness (QED) is 0.739. The second kappa shape index (κ2) is 9.74. The van der Waals surface area contributed by atoms with Gasteiger partial charge in [0, 0.05) is 0 Å². The summed E-state index contributed by atoms with van der Waals surface area (Å²) in [5.41, 5.74) is 2.12. The summed E-state index contributed by atoms with van der Waals surface area (Å²) in [5, 5.41) is 6.13. The van der Waals surface area contributed by atoms with E-state index in [1.165, 1.54) is 6.92 Å². The number of carbonyl (C=O) groups excluding carboxylic acids is 2. The van der Waals surface area contributed by atoms with Crippen molar-refractivity contribution in [1.82, 2.24) is 10.6 Å². The molecule has 4 heteroatoms. The summed E-state index contributed by atoms with van der Waals surface area (Å²) in [4.78, 5) is 24.7. The zero-order valence-electron chi connectivity index (χ0n) is 14.9. The van der Waals surface area contributed by atoms with Crippen LogP contribution in [-0.2, 0) is 22.4 Å². The Morgan fingerprint density at radius 3 is 1.76 bits per heavy atom. The van der Waals surface area contributed by atoms with Crippen LogP contribution in [0.4, 0.5) is 0 Å². The van der Waals surface area contributed by atoms with Crippen molar-refractivity contribution in [3.8, 4) is 0 Å². The van der Waals surface area contributed by atoms with Crippen molar-refractivity contribution in [2.24, 2.45) is 0 Å². The first-order chi connectivity index (χ1) is 12.1. The van der Waals surface area contributed by atoms with Gasteiger partial charge >= 0.3 is 0 Å². The predicted molar refractivity (Wildman–Crippen MR) is 100 cm³/mol. The first kappa shape index (κ1) is 18.9. The van der Waals surface area contributed by atoms with E-state index >= 15 is 0 Å². The normalized spacial score (nSPS) is 13.0. The van der Waals surface area contributed by atoms with Gasteiger partial charge in [-0.2, -0.15) is 0 Å². The molecule has 0 heterocycles. The van der Waals surface area contributed by atoms with Gasteiger partial charge in [-0.3, -0.25) is 9.59 Å². The van der Waals surface area contributed by atoms with E-state index < -0.39 is 6.04 Å². The number of ketones is 1. The fraction of sp³-hybridized carbons (Fsp3) is 0.333. The number of carbonyl (C=O) groups is 2. The maximum absolute atomic E-state index is 12.7. The molecule has 0 aliphatic carbocycles.